The van der Waals surface area contributed by atoms with Gasteiger partial charge in [-0.1, -0.05) is 33.6 Å². The van der Waals surface area contributed by atoms with Gasteiger partial charge in [0.1, 0.15) is 0 Å². The van der Waals surface area contributed by atoms with Crippen LogP contribution in [0, 0.1) is 5.92 Å². The third kappa shape index (κ3) is 2.50. The molecule has 76 valence electrons. The Morgan fingerprint density at radius 2 is 2.21 bits per heavy atom. The van der Waals surface area contributed by atoms with Crippen LogP contribution in [0.3, 0.4) is 0 Å². The first-order valence-electron chi connectivity index (χ1n) is 4.86. The maximum absolute atomic E-state index is 6.11. The Balaban J connectivity index is 2.07. The summed E-state index contributed by atoms with van der Waals surface area (Å²) in [5.74, 6) is 0.731. The second-order valence-electron chi connectivity index (χ2n) is 3.94. The van der Waals surface area contributed by atoms with Gasteiger partial charge in [0.05, 0.1) is 0 Å². The number of hydrogen-bond donors (Lipinski definition) is 1. The molecule has 14 heavy (non-hydrogen) atoms. The fourth-order valence-corrected chi connectivity index (χ4v) is 2.38. The molecule has 1 unspecified atom stereocenters. The van der Waals surface area contributed by atoms with Crippen molar-refractivity contribution in [3.05, 3.63) is 33.3 Å². The number of hydrogen-bond acceptors (Lipinski definition) is 1. The summed E-state index contributed by atoms with van der Waals surface area (Å²) in [6.45, 7) is 0. The van der Waals surface area contributed by atoms with Crippen molar-refractivity contribution in [1.29, 1.82) is 0 Å². The van der Waals surface area contributed by atoms with Crippen molar-refractivity contribution in [3.63, 3.8) is 0 Å². The molecule has 1 nitrogen and oxygen atoms in total. The molecule has 1 aromatic carbocycles. The van der Waals surface area contributed by atoms with Crippen molar-refractivity contribution >= 4 is 27.5 Å². The Labute approximate surface area is 97.8 Å². The molecule has 0 saturated heterocycles. The van der Waals surface area contributed by atoms with Gasteiger partial charge in [-0.3, -0.25) is 0 Å². The fourth-order valence-electron chi connectivity index (χ4n) is 1.63. The van der Waals surface area contributed by atoms with Crippen LogP contribution in [0.25, 0.3) is 0 Å². The zero-order chi connectivity index (χ0) is 10.1. The summed E-state index contributed by atoms with van der Waals surface area (Å²) in [5.41, 5.74) is 7.21. The maximum Gasteiger partial charge on any atom is 0.0449 e. The lowest BCUT2D eigenvalue weighted by molar-refractivity contribution is 0.592. The molecule has 0 spiro atoms. The quantitative estimate of drug-likeness (QED) is 0.898. The van der Waals surface area contributed by atoms with E-state index in [2.05, 4.69) is 22.0 Å². The average Bonchev–Trinajstić information content (AvgIpc) is 2.92. The van der Waals surface area contributed by atoms with Crippen LogP contribution in [-0.2, 0) is 6.42 Å². The third-order valence-corrected chi connectivity index (χ3v) is 3.54. The fraction of sp³-hybridized carbons (Fsp3) is 0.455. The SMILES string of the molecule is NC(Cc1ccc(Br)cc1Cl)C1CC1. The molecular formula is C11H13BrClN. The van der Waals surface area contributed by atoms with Crippen LogP contribution in [0.2, 0.25) is 5.02 Å². The van der Waals surface area contributed by atoms with Crippen LogP contribution in [0.4, 0.5) is 0 Å². The van der Waals surface area contributed by atoms with E-state index in [1.165, 1.54) is 12.8 Å². The number of nitrogens with two attached hydrogens (primary N) is 1. The zero-order valence-electron chi connectivity index (χ0n) is 7.84. The van der Waals surface area contributed by atoms with E-state index in [1.54, 1.807) is 0 Å². The molecule has 0 aromatic heterocycles. The first-order chi connectivity index (χ1) is 6.66. The first kappa shape index (κ1) is 10.5. The van der Waals surface area contributed by atoms with E-state index in [9.17, 15) is 0 Å². The standard InChI is InChI=1S/C11H13BrClN/c12-9-4-3-8(10(13)6-9)5-11(14)7-1-2-7/h3-4,6-7,11H,1-2,5,14H2. The summed E-state index contributed by atoms with van der Waals surface area (Å²) in [6, 6.07) is 6.28. The number of benzene rings is 1. The van der Waals surface area contributed by atoms with Gasteiger partial charge in [-0.15, -0.1) is 0 Å². The summed E-state index contributed by atoms with van der Waals surface area (Å²) in [4.78, 5) is 0. The van der Waals surface area contributed by atoms with Crippen molar-refractivity contribution in [1.82, 2.24) is 0 Å². The van der Waals surface area contributed by atoms with Gasteiger partial charge in [0.25, 0.3) is 0 Å². The highest BCUT2D eigenvalue weighted by Gasteiger charge is 2.28. The van der Waals surface area contributed by atoms with Crippen LogP contribution in [0.5, 0.6) is 0 Å². The average molecular weight is 275 g/mol. The minimum atomic E-state index is 0.286. The molecule has 0 heterocycles. The van der Waals surface area contributed by atoms with E-state index < -0.39 is 0 Å². The molecule has 2 rings (SSSR count). The van der Waals surface area contributed by atoms with Crippen LogP contribution in [0.1, 0.15) is 18.4 Å². The second kappa shape index (κ2) is 4.21. The van der Waals surface area contributed by atoms with E-state index in [-0.39, 0.29) is 6.04 Å². The van der Waals surface area contributed by atoms with Gasteiger partial charge < -0.3 is 5.73 Å². The topological polar surface area (TPSA) is 26.0 Å². The Morgan fingerprint density at radius 1 is 1.50 bits per heavy atom. The summed E-state index contributed by atoms with van der Waals surface area (Å²) in [5, 5.41) is 0.815. The van der Waals surface area contributed by atoms with Gasteiger partial charge in [-0.05, 0) is 42.9 Å². The molecule has 1 atom stereocenters. The molecule has 1 saturated carbocycles. The number of halogens is 2. The highest BCUT2D eigenvalue weighted by molar-refractivity contribution is 9.10. The predicted molar refractivity (Wildman–Crippen MR) is 63.6 cm³/mol. The Morgan fingerprint density at radius 3 is 2.79 bits per heavy atom. The molecule has 2 N–H and O–H groups in total. The smallest absolute Gasteiger partial charge is 0.0449 e. The van der Waals surface area contributed by atoms with E-state index in [0.717, 1.165) is 27.4 Å². The van der Waals surface area contributed by atoms with Gasteiger partial charge in [0, 0.05) is 15.5 Å². The van der Waals surface area contributed by atoms with Crippen molar-refractivity contribution in [2.75, 3.05) is 0 Å². The molecule has 0 bridgehead atoms. The van der Waals surface area contributed by atoms with Gasteiger partial charge in [0.2, 0.25) is 0 Å². The molecule has 0 aliphatic heterocycles. The van der Waals surface area contributed by atoms with Gasteiger partial charge in [-0.25, -0.2) is 0 Å². The minimum absolute atomic E-state index is 0.286. The maximum atomic E-state index is 6.11. The molecular weight excluding hydrogens is 261 g/mol. The normalized spacial score (nSPS) is 18.2. The largest absolute Gasteiger partial charge is 0.327 e. The third-order valence-electron chi connectivity index (χ3n) is 2.70. The van der Waals surface area contributed by atoms with Gasteiger partial charge in [0.15, 0.2) is 0 Å². The Bertz CT molecular complexity index is 336. The van der Waals surface area contributed by atoms with E-state index in [4.69, 9.17) is 17.3 Å². The predicted octanol–water partition coefficient (Wildman–Crippen LogP) is 3.38. The Kier molecular flexibility index (Phi) is 3.15. The summed E-state index contributed by atoms with van der Waals surface area (Å²) in [7, 11) is 0. The van der Waals surface area contributed by atoms with Crippen molar-refractivity contribution in [2.24, 2.45) is 11.7 Å². The lowest BCUT2D eigenvalue weighted by Gasteiger charge is -2.11. The highest BCUT2D eigenvalue weighted by Crippen LogP contribution is 2.34. The molecule has 0 amide bonds. The van der Waals surface area contributed by atoms with E-state index >= 15 is 0 Å². The summed E-state index contributed by atoms with van der Waals surface area (Å²) < 4.78 is 1.02. The van der Waals surface area contributed by atoms with Gasteiger partial charge in [-0.2, -0.15) is 0 Å². The Hall–Kier alpha value is -0.0500. The molecule has 1 fully saturated rings. The van der Waals surface area contributed by atoms with Crippen molar-refractivity contribution in [2.45, 2.75) is 25.3 Å². The first-order valence-corrected chi connectivity index (χ1v) is 6.03. The number of rotatable bonds is 3. The summed E-state index contributed by atoms with van der Waals surface area (Å²) >= 11 is 9.50. The molecule has 1 aliphatic rings. The van der Waals surface area contributed by atoms with Crippen LogP contribution in [0.15, 0.2) is 22.7 Å². The molecule has 1 aliphatic carbocycles. The van der Waals surface area contributed by atoms with Crippen LogP contribution >= 0.6 is 27.5 Å². The van der Waals surface area contributed by atoms with Crippen LogP contribution in [-0.4, -0.2) is 6.04 Å². The monoisotopic (exact) mass is 273 g/mol. The molecule has 0 radical (unpaired) electrons. The summed E-state index contributed by atoms with van der Waals surface area (Å²) in [6.07, 6.45) is 3.47. The molecule has 1 aromatic rings. The lowest BCUT2D eigenvalue weighted by Crippen LogP contribution is -2.25. The lowest BCUT2D eigenvalue weighted by atomic mass is 10.0. The zero-order valence-corrected chi connectivity index (χ0v) is 10.2. The van der Waals surface area contributed by atoms with Crippen molar-refractivity contribution < 1.29 is 0 Å². The van der Waals surface area contributed by atoms with Gasteiger partial charge >= 0.3 is 0 Å². The highest BCUT2D eigenvalue weighted by atomic mass is 79.9. The minimum Gasteiger partial charge on any atom is -0.327 e. The van der Waals surface area contributed by atoms with Crippen molar-refractivity contribution in [3.8, 4) is 0 Å². The van der Waals surface area contributed by atoms with Crippen LogP contribution < -0.4 is 5.73 Å². The van der Waals surface area contributed by atoms with E-state index in [1.807, 2.05) is 12.1 Å². The molecule has 3 heteroatoms. The van der Waals surface area contributed by atoms with E-state index in [0.29, 0.717) is 0 Å². The second-order valence-corrected chi connectivity index (χ2v) is 5.26.